The fourth-order valence-corrected chi connectivity index (χ4v) is 0.940. The zero-order chi connectivity index (χ0) is 10.8. The van der Waals surface area contributed by atoms with E-state index >= 15 is 0 Å². The van der Waals surface area contributed by atoms with Crippen molar-refractivity contribution in [1.29, 1.82) is 0 Å². The van der Waals surface area contributed by atoms with Gasteiger partial charge in [0.25, 0.3) is 0 Å². The minimum atomic E-state index is -0.471. The maximum absolute atomic E-state index is 11.0. The van der Waals surface area contributed by atoms with E-state index < -0.39 is 5.97 Å². The molecule has 0 aliphatic carbocycles. The molecule has 0 spiro atoms. The summed E-state index contributed by atoms with van der Waals surface area (Å²) < 4.78 is 4.62. The molecule has 0 radical (unpaired) electrons. The van der Waals surface area contributed by atoms with Crippen LogP contribution in [-0.4, -0.2) is 72.3 Å². The lowest BCUT2D eigenvalue weighted by Crippen LogP contribution is -2.35. The number of ether oxygens (including phenoxy) is 1. The molecule has 0 heterocycles. The Kier molecular flexibility index (Phi) is 8.45. The van der Waals surface area contributed by atoms with Crippen LogP contribution >= 0.6 is 0 Å². The number of carbonyl (C=O) groups excluding carboxylic acids is 1. The van der Waals surface area contributed by atoms with Gasteiger partial charge in [-0.1, -0.05) is 0 Å². The monoisotopic (exact) mass is 207 g/mol. The Morgan fingerprint density at radius 3 is 2.07 bits per heavy atom. The van der Waals surface area contributed by atoms with E-state index in [4.69, 9.17) is 15.3 Å². The third-order valence-electron chi connectivity index (χ3n) is 1.54. The van der Waals surface area contributed by atoms with Crippen LogP contribution in [0.25, 0.3) is 0 Å². The largest absolute Gasteiger partial charge is 0.462 e. The highest BCUT2D eigenvalue weighted by Crippen LogP contribution is 1.89. The highest BCUT2D eigenvalue weighted by molar-refractivity contribution is 5.71. The molecular weight excluding hydrogens is 190 g/mol. The predicted molar refractivity (Wildman–Crippen MR) is 48.7 cm³/mol. The first kappa shape index (κ1) is 13.3. The lowest BCUT2D eigenvalue weighted by atomic mass is 10.4. The highest BCUT2D eigenvalue weighted by atomic mass is 16.5. The number of rotatable bonds is 8. The highest BCUT2D eigenvalue weighted by Gasteiger charge is 2.10. The smallest absolute Gasteiger partial charge is 0.320 e. The Labute approximate surface area is 82.7 Å². The summed E-state index contributed by atoms with van der Waals surface area (Å²) in [6.45, 7) is 0.266. The van der Waals surface area contributed by atoms with Gasteiger partial charge in [-0.05, 0) is 0 Å². The molecule has 6 nitrogen and oxygen atoms in total. The van der Waals surface area contributed by atoms with Crippen molar-refractivity contribution < 1.29 is 24.9 Å². The quantitative estimate of drug-likeness (QED) is 0.392. The molecule has 0 aromatic heterocycles. The van der Waals surface area contributed by atoms with Crippen molar-refractivity contribution in [3.8, 4) is 0 Å². The van der Waals surface area contributed by atoms with Gasteiger partial charge in [0.05, 0.1) is 26.4 Å². The number of aliphatic hydroxyl groups is 3. The van der Waals surface area contributed by atoms with Gasteiger partial charge in [-0.25, -0.2) is 0 Å². The van der Waals surface area contributed by atoms with Crippen LogP contribution in [0.15, 0.2) is 0 Å². The van der Waals surface area contributed by atoms with Gasteiger partial charge in [-0.15, -0.1) is 0 Å². The summed E-state index contributed by atoms with van der Waals surface area (Å²) in [7, 11) is 0. The van der Waals surface area contributed by atoms with E-state index in [2.05, 4.69) is 4.74 Å². The van der Waals surface area contributed by atoms with Gasteiger partial charge in [0.1, 0.15) is 6.61 Å². The van der Waals surface area contributed by atoms with Crippen LogP contribution in [0.4, 0.5) is 0 Å². The first-order valence-electron chi connectivity index (χ1n) is 4.45. The van der Waals surface area contributed by atoms with Crippen LogP contribution in [-0.2, 0) is 9.53 Å². The SMILES string of the molecule is O=C(CN(CCO)CCO)OCCO. The molecule has 0 saturated heterocycles. The van der Waals surface area contributed by atoms with Gasteiger partial charge in [0.15, 0.2) is 0 Å². The Balaban J connectivity index is 3.71. The molecule has 3 N–H and O–H groups in total. The molecule has 0 fully saturated rings. The van der Waals surface area contributed by atoms with E-state index in [9.17, 15) is 4.79 Å². The molecule has 0 aliphatic rings. The second-order valence-corrected chi connectivity index (χ2v) is 2.67. The summed E-state index contributed by atoms with van der Waals surface area (Å²) in [6.07, 6.45) is 0. The zero-order valence-electron chi connectivity index (χ0n) is 8.06. The maximum Gasteiger partial charge on any atom is 0.320 e. The van der Waals surface area contributed by atoms with Crippen LogP contribution in [0.3, 0.4) is 0 Å². The lowest BCUT2D eigenvalue weighted by molar-refractivity contribution is -0.146. The molecule has 0 amide bonds. The summed E-state index contributed by atoms with van der Waals surface area (Å²) in [5, 5.41) is 25.7. The van der Waals surface area contributed by atoms with E-state index in [0.29, 0.717) is 13.1 Å². The molecule has 0 aromatic rings. The topological polar surface area (TPSA) is 90.2 Å². The molecule has 0 atom stereocenters. The molecule has 0 bridgehead atoms. The standard InChI is InChI=1S/C8H17NO5/c10-3-1-9(2-4-11)7-8(13)14-6-5-12/h10-12H,1-7H2. The Hall–Kier alpha value is -0.690. The van der Waals surface area contributed by atoms with Gasteiger partial charge in [0, 0.05) is 13.1 Å². The van der Waals surface area contributed by atoms with E-state index in [1.165, 1.54) is 0 Å². The molecule has 0 aliphatic heterocycles. The van der Waals surface area contributed by atoms with Crippen LogP contribution < -0.4 is 0 Å². The van der Waals surface area contributed by atoms with Crippen LogP contribution in [0, 0.1) is 0 Å². The third-order valence-corrected chi connectivity index (χ3v) is 1.54. The normalized spacial score (nSPS) is 10.6. The van der Waals surface area contributed by atoms with Gasteiger partial charge < -0.3 is 20.1 Å². The summed E-state index contributed by atoms with van der Waals surface area (Å²) in [4.78, 5) is 12.6. The first-order chi connectivity index (χ1) is 6.74. The maximum atomic E-state index is 11.0. The fraction of sp³-hybridized carbons (Fsp3) is 0.875. The van der Waals surface area contributed by atoms with E-state index in [1.54, 1.807) is 4.90 Å². The Bertz CT molecular complexity index is 147. The molecule has 0 saturated carbocycles. The Morgan fingerprint density at radius 1 is 1.07 bits per heavy atom. The third kappa shape index (κ3) is 6.79. The summed E-state index contributed by atoms with van der Waals surface area (Å²) in [5.41, 5.74) is 0. The zero-order valence-corrected chi connectivity index (χ0v) is 8.06. The Morgan fingerprint density at radius 2 is 1.64 bits per heavy atom. The molecule has 0 rings (SSSR count). The van der Waals surface area contributed by atoms with Crippen molar-refractivity contribution in [1.82, 2.24) is 4.90 Å². The number of hydrogen-bond donors (Lipinski definition) is 3. The number of nitrogens with zero attached hydrogens (tertiary/aromatic N) is 1. The lowest BCUT2D eigenvalue weighted by Gasteiger charge is -2.18. The van der Waals surface area contributed by atoms with Crippen molar-refractivity contribution in [2.45, 2.75) is 0 Å². The number of hydrogen-bond acceptors (Lipinski definition) is 6. The van der Waals surface area contributed by atoms with Crippen LogP contribution in [0.5, 0.6) is 0 Å². The molecule has 84 valence electrons. The van der Waals surface area contributed by atoms with Crippen LogP contribution in [0.2, 0.25) is 0 Å². The van der Waals surface area contributed by atoms with Crippen LogP contribution in [0.1, 0.15) is 0 Å². The molecular formula is C8H17NO5. The van der Waals surface area contributed by atoms with Gasteiger partial charge >= 0.3 is 5.97 Å². The average molecular weight is 207 g/mol. The van der Waals surface area contributed by atoms with E-state index in [-0.39, 0.29) is 33.0 Å². The number of esters is 1. The molecule has 0 aromatic carbocycles. The van der Waals surface area contributed by atoms with Crippen molar-refractivity contribution >= 4 is 5.97 Å². The van der Waals surface area contributed by atoms with Gasteiger partial charge in [0.2, 0.25) is 0 Å². The number of aliphatic hydroxyl groups excluding tert-OH is 3. The van der Waals surface area contributed by atoms with E-state index in [1.807, 2.05) is 0 Å². The van der Waals surface area contributed by atoms with E-state index in [0.717, 1.165) is 0 Å². The predicted octanol–water partition coefficient (Wildman–Crippen LogP) is -2.19. The van der Waals surface area contributed by atoms with Gasteiger partial charge in [-0.3, -0.25) is 9.69 Å². The first-order valence-corrected chi connectivity index (χ1v) is 4.45. The second-order valence-electron chi connectivity index (χ2n) is 2.67. The molecule has 6 heteroatoms. The molecule has 0 unspecified atom stereocenters. The van der Waals surface area contributed by atoms with Crippen molar-refractivity contribution in [2.24, 2.45) is 0 Å². The van der Waals surface area contributed by atoms with Gasteiger partial charge in [-0.2, -0.15) is 0 Å². The molecule has 14 heavy (non-hydrogen) atoms. The summed E-state index contributed by atoms with van der Waals surface area (Å²) >= 11 is 0. The summed E-state index contributed by atoms with van der Waals surface area (Å²) in [6, 6.07) is 0. The fourth-order valence-electron chi connectivity index (χ4n) is 0.940. The number of carbonyl (C=O) groups is 1. The minimum absolute atomic E-state index is 0.0150. The second kappa shape index (κ2) is 8.89. The minimum Gasteiger partial charge on any atom is -0.462 e. The summed E-state index contributed by atoms with van der Waals surface area (Å²) in [5.74, 6) is -0.471. The van der Waals surface area contributed by atoms with Crippen molar-refractivity contribution in [3.63, 3.8) is 0 Å². The van der Waals surface area contributed by atoms with Crippen molar-refractivity contribution in [3.05, 3.63) is 0 Å². The average Bonchev–Trinajstić information content (AvgIpc) is 2.15. The van der Waals surface area contributed by atoms with Crippen molar-refractivity contribution in [2.75, 3.05) is 46.1 Å².